The zero-order valence-corrected chi connectivity index (χ0v) is 9.70. The van der Waals surface area contributed by atoms with Gasteiger partial charge < -0.3 is 15.4 Å². The van der Waals surface area contributed by atoms with Crippen molar-refractivity contribution >= 4 is 11.4 Å². The molecule has 1 aromatic heterocycles. The van der Waals surface area contributed by atoms with Crippen LogP contribution in [-0.2, 0) is 4.74 Å². The van der Waals surface area contributed by atoms with Gasteiger partial charge in [-0.05, 0) is 25.8 Å². The predicted molar refractivity (Wildman–Crippen MR) is 65.9 cm³/mol. The minimum atomic E-state index is 0.424. The van der Waals surface area contributed by atoms with E-state index in [0.29, 0.717) is 6.04 Å². The van der Waals surface area contributed by atoms with Crippen LogP contribution in [0.3, 0.4) is 0 Å². The van der Waals surface area contributed by atoms with Crippen LogP contribution in [0.5, 0.6) is 0 Å². The molecule has 16 heavy (non-hydrogen) atoms. The van der Waals surface area contributed by atoms with Crippen molar-refractivity contribution in [3.8, 4) is 0 Å². The van der Waals surface area contributed by atoms with Gasteiger partial charge in [-0.1, -0.05) is 0 Å². The van der Waals surface area contributed by atoms with Crippen molar-refractivity contribution in [2.75, 3.05) is 30.4 Å². The van der Waals surface area contributed by atoms with Crippen molar-refractivity contribution in [2.24, 2.45) is 0 Å². The second-order valence-corrected chi connectivity index (χ2v) is 4.05. The van der Waals surface area contributed by atoms with Crippen LogP contribution in [0.15, 0.2) is 18.5 Å². The number of rotatable bonds is 4. The Labute approximate surface area is 96.4 Å². The molecule has 0 aromatic carbocycles. The van der Waals surface area contributed by atoms with Crippen LogP contribution in [0.1, 0.15) is 19.8 Å². The van der Waals surface area contributed by atoms with E-state index < -0.39 is 0 Å². The van der Waals surface area contributed by atoms with E-state index in [1.165, 1.54) is 6.42 Å². The molecule has 0 aliphatic carbocycles. The maximum atomic E-state index is 5.43. The molecule has 0 spiro atoms. The van der Waals surface area contributed by atoms with Gasteiger partial charge in [0.2, 0.25) is 0 Å². The smallest absolute Gasteiger partial charge is 0.0667 e. The van der Waals surface area contributed by atoms with Gasteiger partial charge in [0, 0.05) is 19.2 Å². The molecule has 2 rings (SSSR count). The van der Waals surface area contributed by atoms with Crippen LogP contribution < -0.4 is 10.6 Å². The fourth-order valence-corrected chi connectivity index (χ4v) is 1.91. The minimum absolute atomic E-state index is 0.424. The van der Waals surface area contributed by atoms with Gasteiger partial charge in [-0.15, -0.1) is 0 Å². The Kier molecular flexibility index (Phi) is 3.99. The molecule has 0 saturated carbocycles. The van der Waals surface area contributed by atoms with Crippen LogP contribution in [-0.4, -0.2) is 30.8 Å². The summed E-state index contributed by atoms with van der Waals surface area (Å²) >= 11 is 0. The van der Waals surface area contributed by atoms with Gasteiger partial charge in [0.1, 0.15) is 0 Å². The van der Waals surface area contributed by atoms with E-state index in [0.717, 1.165) is 37.6 Å². The molecule has 2 N–H and O–H groups in total. The predicted octanol–water partition coefficient (Wildman–Crippen LogP) is 2.10. The molecule has 0 radical (unpaired) electrons. The van der Waals surface area contributed by atoms with E-state index in [-0.39, 0.29) is 0 Å². The van der Waals surface area contributed by atoms with Crippen LogP contribution in [0.25, 0.3) is 0 Å². The fourth-order valence-electron chi connectivity index (χ4n) is 1.91. The standard InChI is InChI=1S/C12H19N3O/c1-2-14-11-6-12(8-13-7-11)15-10-4-3-5-16-9-10/h6-8,10,14-15H,2-5,9H2,1H3. The summed E-state index contributed by atoms with van der Waals surface area (Å²) in [7, 11) is 0. The Bertz CT molecular complexity index is 324. The third kappa shape index (κ3) is 3.10. The van der Waals surface area contributed by atoms with Gasteiger partial charge in [0.05, 0.1) is 30.4 Å². The molecular weight excluding hydrogens is 202 g/mol. The minimum Gasteiger partial charge on any atom is -0.384 e. The third-order valence-electron chi connectivity index (χ3n) is 2.65. The quantitative estimate of drug-likeness (QED) is 0.817. The van der Waals surface area contributed by atoms with Crippen molar-refractivity contribution in [3.05, 3.63) is 18.5 Å². The maximum absolute atomic E-state index is 5.43. The molecule has 4 heteroatoms. The van der Waals surface area contributed by atoms with E-state index in [1.54, 1.807) is 0 Å². The molecule has 0 bridgehead atoms. The summed E-state index contributed by atoms with van der Waals surface area (Å²) in [6.45, 7) is 4.69. The highest BCUT2D eigenvalue weighted by Crippen LogP contribution is 2.16. The number of nitrogens with zero attached hydrogens (tertiary/aromatic N) is 1. The topological polar surface area (TPSA) is 46.2 Å². The summed E-state index contributed by atoms with van der Waals surface area (Å²) in [5, 5.41) is 6.70. The molecule has 0 amide bonds. The van der Waals surface area contributed by atoms with Crippen molar-refractivity contribution < 1.29 is 4.74 Å². The normalized spacial score (nSPS) is 20.4. The number of hydrogen-bond acceptors (Lipinski definition) is 4. The Morgan fingerprint density at radius 3 is 3.06 bits per heavy atom. The summed E-state index contributed by atoms with van der Waals surface area (Å²) in [5.74, 6) is 0. The Hall–Kier alpha value is -1.29. The Balaban J connectivity index is 1.94. The highest BCUT2D eigenvalue weighted by atomic mass is 16.5. The van der Waals surface area contributed by atoms with E-state index in [4.69, 9.17) is 4.74 Å². The number of ether oxygens (including phenoxy) is 1. The number of hydrogen-bond donors (Lipinski definition) is 2. The highest BCUT2D eigenvalue weighted by Gasteiger charge is 2.13. The molecule has 1 unspecified atom stereocenters. The van der Waals surface area contributed by atoms with Gasteiger partial charge in [-0.2, -0.15) is 0 Å². The average Bonchev–Trinajstić information content (AvgIpc) is 2.31. The SMILES string of the molecule is CCNc1cncc(NC2CCCOC2)c1. The zero-order valence-electron chi connectivity index (χ0n) is 9.70. The molecule has 1 aliphatic heterocycles. The summed E-state index contributed by atoms with van der Waals surface area (Å²) in [5.41, 5.74) is 2.12. The van der Waals surface area contributed by atoms with E-state index in [1.807, 2.05) is 12.4 Å². The zero-order chi connectivity index (χ0) is 11.2. The van der Waals surface area contributed by atoms with Crippen molar-refractivity contribution in [3.63, 3.8) is 0 Å². The molecule has 1 aliphatic rings. The Morgan fingerprint density at radius 1 is 1.44 bits per heavy atom. The lowest BCUT2D eigenvalue weighted by atomic mass is 10.1. The van der Waals surface area contributed by atoms with Gasteiger partial charge in [0.15, 0.2) is 0 Å². The lowest BCUT2D eigenvalue weighted by molar-refractivity contribution is 0.0876. The molecule has 1 atom stereocenters. The number of nitrogens with one attached hydrogen (secondary N) is 2. The van der Waals surface area contributed by atoms with Crippen molar-refractivity contribution in [1.82, 2.24) is 4.98 Å². The second-order valence-electron chi connectivity index (χ2n) is 4.05. The summed E-state index contributed by atoms with van der Waals surface area (Å²) in [4.78, 5) is 4.20. The molecular formula is C12H19N3O. The first-order valence-electron chi connectivity index (χ1n) is 5.91. The van der Waals surface area contributed by atoms with Crippen molar-refractivity contribution in [2.45, 2.75) is 25.8 Å². The van der Waals surface area contributed by atoms with E-state index in [9.17, 15) is 0 Å². The van der Waals surface area contributed by atoms with Crippen LogP contribution in [0.2, 0.25) is 0 Å². The summed E-state index contributed by atoms with van der Waals surface area (Å²) in [6.07, 6.45) is 6.00. The number of anilines is 2. The van der Waals surface area contributed by atoms with Gasteiger partial charge in [-0.3, -0.25) is 4.98 Å². The summed E-state index contributed by atoms with van der Waals surface area (Å²) in [6, 6.07) is 2.51. The van der Waals surface area contributed by atoms with E-state index >= 15 is 0 Å². The fraction of sp³-hybridized carbons (Fsp3) is 0.583. The third-order valence-corrected chi connectivity index (χ3v) is 2.65. The van der Waals surface area contributed by atoms with Crippen LogP contribution >= 0.6 is 0 Å². The first kappa shape index (κ1) is 11.2. The monoisotopic (exact) mass is 221 g/mol. The number of aromatic nitrogens is 1. The lowest BCUT2D eigenvalue weighted by Crippen LogP contribution is -2.29. The molecule has 1 fully saturated rings. The van der Waals surface area contributed by atoms with Crippen molar-refractivity contribution in [1.29, 1.82) is 0 Å². The first-order chi connectivity index (χ1) is 7.88. The highest BCUT2D eigenvalue weighted by molar-refractivity contribution is 5.54. The molecule has 1 aromatic rings. The lowest BCUT2D eigenvalue weighted by Gasteiger charge is -2.24. The molecule has 4 nitrogen and oxygen atoms in total. The van der Waals surface area contributed by atoms with Crippen LogP contribution in [0, 0.1) is 0 Å². The van der Waals surface area contributed by atoms with E-state index in [2.05, 4.69) is 28.6 Å². The van der Waals surface area contributed by atoms with Gasteiger partial charge >= 0.3 is 0 Å². The van der Waals surface area contributed by atoms with Gasteiger partial charge in [-0.25, -0.2) is 0 Å². The second kappa shape index (κ2) is 5.70. The van der Waals surface area contributed by atoms with Gasteiger partial charge in [0.25, 0.3) is 0 Å². The first-order valence-corrected chi connectivity index (χ1v) is 5.91. The molecule has 1 saturated heterocycles. The Morgan fingerprint density at radius 2 is 2.31 bits per heavy atom. The largest absolute Gasteiger partial charge is 0.384 e. The maximum Gasteiger partial charge on any atom is 0.0667 e. The molecule has 2 heterocycles. The number of pyridine rings is 1. The molecule has 88 valence electrons. The van der Waals surface area contributed by atoms with Crippen LogP contribution in [0.4, 0.5) is 11.4 Å². The average molecular weight is 221 g/mol. The summed E-state index contributed by atoms with van der Waals surface area (Å²) < 4.78 is 5.43.